The Hall–Kier alpha value is -1.02. The molecule has 0 bridgehead atoms. The van der Waals surface area contributed by atoms with E-state index >= 15 is 0 Å². The van der Waals surface area contributed by atoms with Crippen molar-refractivity contribution < 1.29 is 0 Å². The van der Waals surface area contributed by atoms with Gasteiger partial charge < -0.3 is 5.32 Å². The molecule has 0 radical (unpaired) electrons. The standard InChI is InChI=1S/C17H19Cl2N/c1-2-17(14-7-9-15(18)10-8-14)20-12-11-13-5-3-4-6-16(13)19/h3-10,17,20H,2,11-12H2,1H3. The van der Waals surface area contributed by atoms with Crippen LogP contribution in [0.1, 0.15) is 30.5 Å². The molecule has 3 heteroatoms. The van der Waals surface area contributed by atoms with E-state index in [9.17, 15) is 0 Å². The van der Waals surface area contributed by atoms with Gasteiger partial charge in [0.15, 0.2) is 0 Å². The maximum atomic E-state index is 6.17. The van der Waals surface area contributed by atoms with Gasteiger partial charge in [-0.05, 0) is 48.7 Å². The molecule has 1 unspecified atom stereocenters. The SMILES string of the molecule is CCC(NCCc1ccccc1Cl)c1ccc(Cl)cc1. The predicted molar refractivity (Wildman–Crippen MR) is 87.6 cm³/mol. The third-order valence-corrected chi connectivity index (χ3v) is 4.04. The zero-order valence-electron chi connectivity index (χ0n) is 11.6. The zero-order chi connectivity index (χ0) is 14.4. The summed E-state index contributed by atoms with van der Waals surface area (Å²) in [4.78, 5) is 0. The molecule has 0 fully saturated rings. The van der Waals surface area contributed by atoms with Gasteiger partial charge in [-0.1, -0.05) is 60.5 Å². The number of hydrogen-bond donors (Lipinski definition) is 1. The van der Waals surface area contributed by atoms with Crippen molar-refractivity contribution in [1.82, 2.24) is 5.32 Å². The molecule has 2 aromatic carbocycles. The van der Waals surface area contributed by atoms with Gasteiger partial charge in [0.2, 0.25) is 0 Å². The lowest BCUT2D eigenvalue weighted by atomic mass is 10.0. The van der Waals surface area contributed by atoms with E-state index in [1.807, 2.05) is 30.3 Å². The van der Waals surface area contributed by atoms with E-state index in [4.69, 9.17) is 23.2 Å². The number of benzene rings is 2. The van der Waals surface area contributed by atoms with Crippen LogP contribution in [0.25, 0.3) is 0 Å². The minimum atomic E-state index is 0.356. The summed E-state index contributed by atoms with van der Waals surface area (Å²) in [6.45, 7) is 3.09. The second-order valence-electron chi connectivity index (χ2n) is 4.81. The monoisotopic (exact) mass is 307 g/mol. The molecule has 0 aromatic heterocycles. The largest absolute Gasteiger partial charge is 0.310 e. The molecule has 0 heterocycles. The molecule has 0 saturated carbocycles. The minimum Gasteiger partial charge on any atom is -0.310 e. The van der Waals surface area contributed by atoms with E-state index in [-0.39, 0.29) is 0 Å². The number of nitrogens with one attached hydrogen (secondary N) is 1. The molecule has 1 N–H and O–H groups in total. The van der Waals surface area contributed by atoms with Crippen LogP contribution in [0.2, 0.25) is 10.0 Å². The van der Waals surface area contributed by atoms with Gasteiger partial charge in [0.05, 0.1) is 0 Å². The Labute approximate surface area is 130 Å². The summed E-state index contributed by atoms with van der Waals surface area (Å²) in [5.41, 5.74) is 2.46. The Balaban J connectivity index is 1.91. The molecule has 0 amide bonds. The predicted octanol–water partition coefficient (Wildman–Crippen LogP) is 5.28. The van der Waals surface area contributed by atoms with Crippen LogP contribution in [0, 0.1) is 0 Å². The quantitative estimate of drug-likeness (QED) is 0.766. The van der Waals surface area contributed by atoms with Crippen LogP contribution in [0.5, 0.6) is 0 Å². The summed E-state index contributed by atoms with van der Waals surface area (Å²) < 4.78 is 0. The first kappa shape index (κ1) is 15.4. The van der Waals surface area contributed by atoms with Crippen molar-refractivity contribution in [3.63, 3.8) is 0 Å². The first-order valence-corrected chi connectivity index (χ1v) is 7.68. The summed E-state index contributed by atoms with van der Waals surface area (Å²) in [7, 11) is 0. The van der Waals surface area contributed by atoms with Gasteiger partial charge >= 0.3 is 0 Å². The first-order valence-electron chi connectivity index (χ1n) is 6.93. The van der Waals surface area contributed by atoms with E-state index in [0.29, 0.717) is 6.04 Å². The molecule has 0 aliphatic carbocycles. The summed E-state index contributed by atoms with van der Waals surface area (Å²) in [6.07, 6.45) is 1.98. The lowest BCUT2D eigenvalue weighted by Crippen LogP contribution is -2.23. The Morgan fingerprint density at radius 1 is 1.00 bits per heavy atom. The van der Waals surface area contributed by atoms with Gasteiger partial charge in [0.25, 0.3) is 0 Å². The Bertz CT molecular complexity index is 537. The van der Waals surface area contributed by atoms with Crippen LogP contribution in [-0.2, 0) is 6.42 Å². The van der Waals surface area contributed by atoms with Gasteiger partial charge in [-0.25, -0.2) is 0 Å². The fraction of sp³-hybridized carbons (Fsp3) is 0.294. The van der Waals surface area contributed by atoms with Crippen molar-refractivity contribution in [3.8, 4) is 0 Å². The van der Waals surface area contributed by atoms with Gasteiger partial charge in [-0.3, -0.25) is 0 Å². The summed E-state index contributed by atoms with van der Waals surface area (Å²) in [6, 6.07) is 16.4. The highest BCUT2D eigenvalue weighted by atomic mass is 35.5. The maximum absolute atomic E-state index is 6.17. The Morgan fingerprint density at radius 2 is 1.70 bits per heavy atom. The average molecular weight is 308 g/mol. The van der Waals surface area contributed by atoms with Crippen LogP contribution in [-0.4, -0.2) is 6.54 Å². The minimum absolute atomic E-state index is 0.356. The van der Waals surface area contributed by atoms with E-state index in [2.05, 4.69) is 30.4 Å². The van der Waals surface area contributed by atoms with Crippen LogP contribution in [0.3, 0.4) is 0 Å². The molecular weight excluding hydrogens is 289 g/mol. The molecule has 1 atom stereocenters. The van der Waals surface area contributed by atoms with Gasteiger partial charge in [-0.2, -0.15) is 0 Å². The average Bonchev–Trinajstić information content (AvgIpc) is 2.47. The summed E-state index contributed by atoms with van der Waals surface area (Å²) >= 11 is 12.1. The van der Waals surface area contributed by atoms with E-state index in [1.54, 1.807) is 0 Å². The van der Waals surface area contributed by atoms with Crippen molar-refractivity contribution in [2.75, 3.05) is 6.54 Å². The van der Waals surface area contributed by atoms with Crippen LogP contribution < -0.4 is 5.32 Å². The van der Waals surface area contributed by atoms with Gasteiger partial charge in [0, 0.05) is 16.1 Å². The normalized spacial score (nSPS) is 12.3. The van der Waals surface area contributed by atoms with Crippen LogP contribution >= 0.6 is 23.2 Å². The fourth-order valence-electron chi connectivity index (χ4n) is 2.28. The molecular formula is C17H19Cl2N. The second-order valence-corrected chi connectivity index (χ2v) is 5.65. The van der Waals surface area contributed by atoms with Gasteiger partial charge in [0.1, 0.15) is 0 Å². The van der Waals surface area contributed by atoms with E-state index in [1.165, 1.54) is 11.1 Å². The molecule has 106 valence electrons. The van der Waals surface area contributed by atoms with Crippen LogP contribution in [0.15, 0.2) is 48.5 Å². The Kier molecular flexibility index (Phi) is 5.90. The fourth-order valence-corrected chi connectivity index (χ4v) is 2.63. The number of halogens is 2. The van der Waals surface area contributed by atoms with Crippen molar-refractivity contribution in [1.29, 1.82) is 0 Å². The number of rotatable bonds is 6. The highest BCUT2D eigenvalue weighted by Gasteiger charge is 2.08. The van der Waals surface area contributed by atoms with E-state index in [0.717, 1.165) is 29.4 Å². The van der Waals surface area contributed by atoms with E-state index < -0.39 is 0 Å². The highest BCUT2D eigenvalue weighted by Crippen LogP contribution is 2.20. The molecule has 2 aromatic rings. The lowest BCUT2D eigenvalue weighted by molar-refractivity contribution is 0.523. The summed E-state index contributed by atoms with van der Waals surface area (Å²) in [5.74, 6) is 0. The summed E-state index contributed by atoms with van der Waals surface area (Å²) in [5, 5.41) is 5.20. The molecule has 20 heavy (non-hydrogen) atoms. The molecule has 0 aliphatic heterocycles. The third kappa shape index (κ3) is 4.24. The molecule has 2 rings (SSSR count). The molecule has 0 aliphatic rings. The Morgan fingerprint density at radius 3 is 2.35 bits per heavy atom. The topological polar surface area (TPSA) is 12.0 Å². The molecule has 1 nitrogen and oxygen atoms in total. The number of hydrogen-bond acceptors (Lipinski definition) is 1. The third-order valence-electron chi connectivity index (χ3n) is 3.42. The first-order chi connectivity index (χ1) is 9.70. The van der Waals surface area contributed by atoms with Crippen molar-refractivity contribution in [2.45, 2.75) is 25.8 Å². The molecule has 0 spiro atoms. The van der Waals surface area contributed by atoms with Crippen molar-refractivity contribution in [2.24, 2.45) is 0 Å². The van der Waals surface area contributed by atoms with Crippen LogP contribution in [0.4, 0.5) is 0 Å². The van der Waals surface area contributed by atoms with Crippen molar-refractivity contribution >= 4 is 23.2 Å². The maximum Gasteiger partial charge on any atom is 0.0438 e. The lowest BCUT2D eigenvalue weighted by Gasteiger charge is -2.17. The zero-order valence-corrected chi connectivity index (χ0v) is 13.1. The smallest absolute Gasteiger partial charge is 0.0438 e. The second kappa shape index (κ2) is 7.68. The highest BCUT2D eigenvalue weighted by molar-refractivity contribution is 6.31. The molecule has 0 saturated heterocycles. The van der Waals surface area contributed by atoms with Crippen molar-refractivity contribution in [3.05, 3.63) is 69.7 Å². The van der Waals surface area contributed by atoms with Gasteiger partial charge in [-0.15, -0.1) is 0 Å².